The van der Waals surface area contributed by atoms with Gasteiger partial charge in [-0.25, -0.2) is 4.39 Å². The summed E-state index contributed by atoms with van der Waals surface area (Å²) < 4.78 is 13.5. The van der Waals surface area contributed by atoms with Gasteiger partial charge in [0.05, 0.1) is 12.1 Å². The van der Waals surface area contributed by atoms with Crippen LogP contribution in [-0.2, 0) is 0 Å². The minimum absolute atomic E-state index is 0.0834. The lowest BCUT2D eigenvalue weighted by Gasteiger charge is -2.33. The third-order valence-electron chi connectivity index (χ3n) is 4.24. The zero-order valence-corrected chi connectivity index (χ0v) is 12.5. The molecule has 0 saturated carbocycles. The molecule has 112 valence electrons. The monoisotopic (exact) mass is 280 g/mol. The van der Waals surface area contributed by atoms with Crippen LogP contribution in [0.15, 0.2) is 18.2 Å². The van der Waals surface area contributed by atoms with E-state index in [1.807, 2.05) is 13.0 Å². The first kappa shape index (κ1) is 15.3. The highest BCUT2D eigenvalue weighted by Crippen LogP contribution is 2.27. The Labute approximate surface area is 120 Å². The highest BCUT2D eigenvalue weighted by molar-refractivity contribution is 5.48. The standard InChI is InChI=1S/C16H25FN2O/c1-3-19-7-4-5-16(12-20,6-8-19)18-15-10-13(2)9-14(17)11-15/h9-11,18,20H,3-8,12H2,1-2H3. The molecule has 4 heteroatoms. The molecule has 0 aromatic heterocycles. The minimum atomic E-state index is -0.329. The van der Waals surface area contributed by atoms with Gasteiger partial charge in [-0.15, -0.1) is 0 Å². The minimum Gasteiger partial charge on any atom is -0.394 e. The third-order valence-corrected chi connectivity index (χ3v) is 4.24. The number of hydrogen-bond donors (Lipinski definition) is 2. The maximum absolute atomic E-state index is 13.5. The first-order chi connectivity index (χ1) is 9.57. The van der Waals surface area contributed by atoms with Crippen molar-refractivity contribution in [2.24, 2.45) is 0 Å². The van der Waals surface area contributed by atoms with Gasteiger partial charge in [0.25, 0.3) is 0 Å². The Morgan fingerprint density at radius 2 is 2.10 bits per heavy atom. The Morgan fingerprint density at radius 3 is 2.75 bits per heavy atom. The molecular formula is C16H25FN2O. The number of benzene rings is 1. The van der Waals surface area contributed by atoms with Gasteiger partial charge in [-0.2, -0.15) is 0 Å². The van der Waals surface area contributed by atoms with Crippen molar-refractivity contribution >= 4 is 5.69 Å². The topological polar surface area (TPSA) is 35.5 Å². The highest BCUT2D eigenvalue weighted by Gasteiger charge is 2.31. The highest BCUT2D eigenvalue weighted by atomic mass is 19.1. The molecule has 1 heterocycles. The number of anilines is 1. The van der Waals surface area contributed by atoms with Crippen molar-refractivity contribution in [1.29, 1.82) is 0 Å². The van der Waals surface area contributed by atoms with Gasteiger partial charge in [0.1, 0.15) is 5.82 Å². The molecular weight excluding hydrogens is 255 g/mol. The molecule has 1 aromatic rings. The van der Waals surface area contributed by atoms with E-state index in [4.69, 9.17) is 0 Å². The lowest BCUT2D eigenvalue weighted by atomic mass is 9.91. The molecule has 1 saturated heterocycles. The molecule has 20 heavy (non-hydrogen) atoms. The Balaban J connectivity index is 2.14. The number of aryl methyl sites for hydroxylation is 1. The first-order valence-corrected chi connectivity index (χ1v) is 7.45. The van der Waals surface area contributed by atoms with Gasteiger partial charge in [0.15, 0.2) is 0 Å². The van der Waals surface area contributed by atoms with E-state index in [1.165, 1.54) is 12.1 Å². The van der Waals surface area contributed by atoms with Crippen LogP contribution < -0.4 is 5.32 Å². The summed E-state index contributed by atoms with van der Waals surface area (Å²) >= 11 is 0. The van der Waals surface area contributed by atoms with Crippen LogP contribution in [0.2, 0.25) is 0 Å². The summed E-state index contributed by atoms with van der Waals surface area (Å²) in [7, 11) is 0. The van der Waals surface area contributed by atoms with Crippen molar-refractivity contribution in [3.05, 3.63) is 29.6 Å². The van der Waals surface area contributed by atoms with Crippen molar-refractivity contribution in [1.82, 2.24) is 4.90 Å². The van der Waals surface area contributed by atoms with Crippen molar-refractivity contribution in [3.63, 3.8) is 0 Å². The van der Waals surface area contributed by atoms with Crippen LogP contribution >= 0.6 is 0 Å². The maximum Gasteiger partial charge on any atom is 0.125 e. The average Bonchev–Trinajstić information content (AvgIpc) is 2.60. The fourth-order valence-corrected chi connectivity index (χ4v) is 3.00. The van der Waals surface area contributed by atoms with Gasteiger partial charge < -0.3 is 15.3 Å². The smallest absolute Gasteiger partial charge is 0.125 e. The largest absolute Gasteiger partial charge is 0.394 e. The molecule has 1 atom stereocenters. The van der Waals surface area contributed by atoms with E-state index in [1.54, 1.807) is 0 Å². The van der Waals surface area contributed by atoms with Crippen LogP contribution in [0.4, 0.5) is 10.1 Å². The molecule has 2 N–H and O–H groups in total. The fraction of sp³-hybridized carbons (Fsp3) is 0.625. The van der Waals surface area contributed by atoms with Gasteiger partial charge in [-0.3, -0.25) is 0 Å². The van der Waals surface area contributed by atoms with Gasteiger partial charge >= 0.3 is 0 Å². The van der Waals surface area contributed by atoms with Crippen LogP contribution in [0.5, 0.6) is 0 Å². The molecule has 0 spiro atoms. The summed E-state index contributed by atoms with van der Waals surface area (Å²) in [6.45, 7) is 7.21. The van der Waals surface area contributed by atoms with Gasteiger partial charge in [0.2, 0.25) is 0 Å². The Morgan fingerprint density at radius 1 is 1.30 bits per heavy atom. The van der Waals surface area contributed by atoms with E-state index in [9.17, 15) is 9.50 Å². The third kappa shape index (κ3) is 3.70. The summed E-state index contributed by atoms with van der Waals surface area (Å²) in [4.78, 5) is 2.40. The molecule has 1 aromatic carbocycles. The molecule has 1 fully saturated rings. The van der Waals surface area contributed by atoms with Crippen molar-refractivity contribution < 1.29 is 9.50 Å². The molecule has 1 aliphatic heterocycles. The van der Waals surface area contributed by atoms with Crippen LogP contribution in [-0.4, -0.2) is 41.8 Å². The number of nitrogens with zero attached hydrogens (tertiary/aromatic N) is 1. The molecule has 0 aliphatic carbocycles. The Bertz CT molecular complexity index is 432. The summed E-state index contributed by atoms with van der Waals surface area (Å²) in [5.41, 5.74) is 1.33. The molecule has 0 amide bonds. The predicted octanol–water partition coefficient (Wildman–Crippen LogP) is 2.78. The fourth-order valence-electron chi connectivity index (χ4n) is 3.00. The van der Waals surface area contributed by atoms with Crippen molar-refractivity contribution in [3.8, 4) is 0 Å². The maximum atomic E-state index is 13.5. The zero-order chi connectivity index (χ0) is 14.6. The average molecular weight is 280 g/mol. The van der Waals surface area contributed by atoms with Gasteiger partial charge in [-0.05, 0) is 63.0 Å². The molecule has 2 rings (SSSR count). The number of aliphatic hydroxyl groups excluding tert-OH is 1. The SMILES string of the molecule is CCN1CCCC(CO)(Nc2cc(C)cc(F)c2)CC1. The molecule has 3 nitrogen and oxygen atoms in total. The normalized spacial score (nSPS) is 24.4. The Kier molecular flexibility index (Phi) is 5.00. The second-order valence-corrected chi connectivity index (χ2v) is 5.87. The molecule has 1 unspecified atom stereocenters. The lowest BCUT2D eigenvalue weighted by Crippen LogP contribution is -2.43. The Hall–Kier alpha value is -1.13. The van der Waals surface area contributed by atoms with E-state index in [-0.39, 0.29) is 18.0 Å². The second-order valence-electron chi connectivity index (χ2n) is 5.87. The molecule has 1 aliphatic rings. The van der Waals surface area contributed by atoms with E-state index in [0.29, 0.717) is 0 Å². The summed E-state index contributed by atoms with van der Waals surface area (Å²) in [6, 6.07) is 4.96. The van der Waals surface area contributed by atoms with Crippen LogP contribution in [0.1, 0.15) is 31.7 Å². The summed E-state index contributed by atoms with van der Waals surface area (Å²) in [5.74, 6) is -0.232. The first-order valence-electron chi connectivity index (χ1n) is 7.45. The molecule has 0 bridgehead atoms. The number of likely N-dealkylation sites (tertiary alicyclic amines) is 1. The second kappa shape index (κ2) is 6.55. The van der Waals surface area contributed by atoms with E-state index >= 15 is 0 Å². The quantitative estimate of drug-likeness (QED) is 0.890. The lowest BCUT2D eigenvalue weighted by molar-refractivity contribution is 0.193. The van der Waals surface area contributed by atoms with Crippen LogP contribution in [0.25, 0.3) is 0 Å². The number of hydrogen-bond acceptors (Lipinski definition) is 3. The van der Waals surface area contributed by atoms with E-state index < -0.39 is 0 Å². The number of rotatable bonds is 4. The molecule has 0 radical (unpaired) electrons. The van der Waals surface area contributed by atoms with Crippen molar-refractivity contribution in [2.75, 3.05) is 31.6 Å². The summed E-state index contributed by atoms with van der Waals surface area (Å²) in [5, 5.41) is 13.2. The number of aliphatic hydroxyl groups is 1. The number of nitrogens with one attached hydrogen (secondary N) is 1. The van der Waals surface area contributed by atoms with E-state index in [0.717, 1.165) is 50.1 Å². The van der Waals surface area contributed by atoms with Crippen molar-refractivity contribution in [2.45, 2.75) is 38.6 Å². The summed E-state index contributed by atoms with van der Waals surface area (Å²) in [6.07, 6.45) is 2.85. The van der Waals surface area contributed by atoms with Crippen LogP contribution in [0.3, 0.4) is 0 Å². The number of halogens is 1. The van der Waals surface area contributed by atoms with Gasteiger partial charge in [0, 0.05) is 12.2 Å². The predicted molar refractivity (Wildman–Crippen MR) is 80.5 cm³/mol. The van der Waals surface area contributed by atoms with E-state index in [2.05, 4.69) is 17.1 Å². The van der Waals surface area contributed by atoms with Crippen LogP contribution in [0, 0.1) is 12.7 Å². The van der Waals surface area contributed by atoms with Gasteiger partial charge in [-0.1, -0.05) is 6.92 Å². The zero-order valence-electron chi connectivity index (χ0n) is 12.5.